The first kappa shape index (κ1) is 19.5. The third kappa shape index (κ3) is 3.96. The van der Waals surface area contributed by atoms with Crippen LogP contribution in [0.3, 0.4) is 0 Å². The van der Waals surface area contributed by atoms with Crippen molar-refractivity contribution in [3.8, 4) is 0 Å². The molecule has 154 valence electrons. The summed E-state index contributed by atoms with van der Waals surface area (Å²) in [4.78, 5) is 33.0. The van der Waals surface area contributed by atoms with Crippen molar-refractivity contribution in [3.05, 3.63) is 17.7 Å². The first-order valence-electron chi connectivity index (χ1n) is 11.1. The summed E-state index contributed by atoms with van der Waals surface area (Å²) >= 11 is 0. The van der Waals surface area contributed by atoms with Gasteiger partial charge >= 0.3 is 0 Å². The fourth-order valence-electron chi connectivity index (χ4n) is 5.00. The summed E-state index contributed by atoms with van der Waals surface area (Å²) in [6, 6.07) is 0. The van der Waals surface area contributed by atoms with Gasteiger partial charge in [-0.25, -0.2) is 4.98 Å². The molecular formula is C22H34N4O2. The minimum atomic E-state index is 0.105. The van der Waals surface area contributed by atoms with Gasteiger partial charge in [0.1, 0.15) is 5.82 Å². The molecule has 0 aromatic carbocycles. The zero-order valence-corrected chi connectivity index (χ0v) is 17.4. The second kappa shape index (κ2) is 8.26. The van der Waals surface area contributed by atoms with Crippen LogP contribution in [0.15, 0.2) is 6.20 Å². The molecule has 0 bridgehead atoms. The highest BCUT2D eigenvalue weighted by Crippen LogP contribution is 2.36. The Morgan fingerprint density at radius 3 is 2.21 bits per heavy atom. The van der Waals surface area contributed by atoms with Gasteiger partial charge in [-0.2, -0.15) is 0 Å². The monoisotopic (exact) mass is 386 g/mol. The molecule has 2 aliphatic heterocycles. The quantitative estimate of drug-likeness (QED) is 0.799. The molecule has 2 amide bonds. The summed E-state index contributed by atoms with van der Waals surface area (Å²) < 4.78 is 2.45. The van der Waals surface area contributed by atoms with Crippen LogP contribution in [0.1, 0.15) is 69.3 Å². The Balaban J connectivity index is 1.28. The molecule has 0 atom stereocenters. The van der Waals surface area contributed by atoms with Gasteiger partial charge in [0, 0.05) is 63.4 Å². The van der Waals surface area contributed by atoms with Crippen LogP contribution in [-0.4, -0.2) is 57.3 Å². The summed E-state index contributed by atoms with van der Waals surface area (Å²) in [5.74, 6) is 3.14. The van der Waals surface area contributed by atoms with Crippen LogP contribution in [-0.2, 0) is 16.1 Å². The number of rotatable bonds is 4. The van der Waals surface area contributed by atoms with Crippen LogP contribution in [0.4, 0.5) is 0 Å². The smallest absolute Gasteiger partial charge is 0.225 e. The second-order valence-corrected chi connectivity index (χ2v) is 9.05. The molecule has 1 aromatic rings. The highest BCUT2D eigenvalue weighted by molar-refractivity contribution is 5.79. The van der Waals surface area contributed by atoms with E-state index in [0.717, 1.165) is 58.4 Å². The molecule has 0 radical (unpaired) electrons. The molecular weight excluding hydrogens is 352 g/mol. The molecule has 1 aliphatic carbocycles. The van der Waals surface area contributed by atoms with Crippen molar-refractivity contribution in [2.24, 2.45) is 11.8 Å². The van der Waals surface area contributed by atoms with E-state index in [1.54, 1.807) is 6.92 Å². The number of hydrogen-bond donors (Lipinski definition) is 0. The predicted octanol–water partition coefficient (Wildman–Crippen LogP) is 2.96. The Morgan fingerprint density at radius 2 is 1.64 bits per heavy atom. The zero-order chi connectivity index (χ0) is 19.7. The predicted molar refractivity (Wildman–Crippen MR) is 108 cm³/mol. The van der Waals surface area contributed by atoms with E-state index >= 15 is 0 Å². The maximum atomic E-state index is 12.9. The number of likely N-dealkylation sites (tertiary alicyclic amines) is 2. The molecule has 2 saturated heterocycles. The second-order valence-electron chi connectivity index (χ2n) is 9.05. The fraction of sp³-hybridized carbons (Fsp3) is 0.773. The van der Waals surface area contributed by atoms with Crippen LogP contribution in [0.25, 0.3) is 0 Å². The topological polar surface area (TPSA) is 58.4 Å². The van der Waals surface area contributed by atoms with Gasteiger partial charge in [0.2, 0.25) is 11.8 Å². The number of carbonyl (C=O) groups is 2. The molecule has 0 N–H and O–H groups in total. The number of imidazole rings is 1. The Kier molecular flexibility index (Phi) is 5.74. The van der Waals surface area contributed by atoms with Crippen molar-refractivity contribution in [3.63, 3.8) is 0 Å². The van der Waals surface area contributed by atoms with Crippen molar-refractivity contribution in [2.75, 3.05) is 26.2 Å². The van der Waals surface area contributed by atoms with Crippen molar-refractivity contribution in [1.82, 2.24) is 19.4 Å². The largest absolute Gasteiger partial charge is 0.343 e. The van der Waals surface area contributed by atoms with Crippen molar-refractivity contribution in [1.29, 1.82) is 0 Å². The number of piperidine rings is 2. The third-order valence-electron chi connectivity index (χ3n) is 7.21. The Hall–Kier alpha value is -1.85. The van der Waals surface area contributed by atoms with Gasteiger partial charge in [-0.15, -0.1) is 0 Å². The van der Waals surface area contributed by atoms with E-state index < -0.39 is 0 Å². The van der Waals surface area contributed by atoms with Gasteiger partial charge in [0.25, 0.3) is 0 Å². The molecule has 28 heavy (non-hydrogen) atoms. The van der Waals surface area contributed by atoms with Crippen LogP contribution in [0.5, 0.6) is 0 Å². The zero-order valence-electron chi connectivity index (χ0n) is 17.4. The van der Waals surface area contributed by atoms with Crippen molar-refractivity contribution < 1.29 is 9.59 Å². The number of hydrogen-bond acceptors (Lipinski definition) is 3. The fourth-order valence-corrected chi connectivity index (χ4v) is 5.00. The number of carbonyl (C=O) groups excluding carboxylic acids is 2. The molecule has 0 spiro atoms. The van der Waals surface area contributed by atoms with Gasteiger partial charge in [-0.1, -0.05) is 6.42 Å². The first-order valence-corrected chi connectivity index (χ1v) is 11.1. The number of aromatic nitrogens is 2. The maximum absolute atomic E-state index is 12.9. The minimum Gasteiger partial charge on any atom is -0.343 e. The summed E-state index contributed by atoms with van der Waals surface area (Å²) in [5, 5.41) is 0. The van der Waals surface area contributed by atoms with E-state index in [1.807, 2.05) is 11.1 Å². The van der Waals surface area contributed by atoms with E-state index in [-0.39, 0.29) is 11.8 Å². The minimum absolute atomic E-state index is 0.105. The average molecular weight is 387 g/mol. The van der Waals surface area contributed by atoms with E-state index in [0.29, 0.717) is 17.7 Å². The Morgan fingerprint density at radius 1 is 1.00 bits per heavy atom. The van der Waals surface area contributed by atoms with E-state index in [4.69, 9.17) is 4.98 Å². The molecule has 3 heterocycles. The highest BCUT2D eigenvalue weighted by atomic mass is 16.2. The van der Waals surface area contributed by atoms with Gasteiger partial charge in [-0.05, 0) is 51.4 Å². The number of amides is 2. The normalized spacial score (nSPS) is 22.4. The number of aryl methyl sites for hydroxylation is 1. The van der Waals surface area contributed by atoms with Crippen LogP contribution in [0.2, 0.25) is 0 Å². The SMILES string of the molecule is CC(=O)N1CCC(C(=O)N2CCC(Cn3c(C)cnc3C3CCC3)CC2)CC1. The molecule has 0 unspecified atom stereocenters. The van der Waals surface area contributed by atoms with Gasteiger partial charge in [0.15, 0.2) is 0 Å². The maximum Gasteiger partial charge on any atom is 0.225 e. The first-order chi connectivity index (χ1) is 13.5. The lowest BCUT2D eigenvalue weighted by Crippen LogP contribution is -2.46. The van der Waals surface area contributed by atoms with Crippen LogP contribution in [0, 0.1) is 18.8 Å². The summed E-state index contributed by atoms with van der Waals surface area (Å²) in [6.45, 7) is 8.05. The van der Waals surface area contributed by atoms with E-state index in [2.05, 4.69) is 16.4 Å². The summed E-state index contributed by atoms with van der Waals surface area (Å²) in [5.41, 5.74) is 1.28. The Bertz CT molecular complexity index is 708. The molecule has 6 nitrogen and oxygen atoms in total. The molecule has 1 saturated carbocycles. The lowest BCUT2D eigenvalue weighted by molar-refractivity contribution is -0.141. The molecule has 6 heteroatoms. The lowest BCUT2D eigenvalue weighted by Gasteiger charge is -2.37. The van der Waals surface area contributed by atoms with Crippen LogP contribution < -0.4 is 0 Å². The van der Waals surface area contributed by atoms with Gasteiger partial charge in [-0.3, -0.25) is 9.59 Å². The summed E-state index contributed by atoms with van der Waals surface area (Å²) in [6.07, 6.45) is 9.73. The number of nitrogens with zero attached hydrogens (tertiary/aromatic N) is 4. The standard InChI is InChI=1S/C22H34N4O2/c1-16-14-23-21(19-4-3-5-19)26(16)15-18-6-10-25(11-7-18)22(28)20-8-12-24(13-9-20)17(2)27/h14,18-20H,3-13,15H2,1-2H3. The molecule has 4 rings (SSSR count). The highest BCUT2D eigenvalue weighted by Gasteiger charge is 2.32. The van der Waals surface area contributed by atoms with Crippen molar-refractivity contribution >= 4 is 11.8 Å². The average Bonchev–Trinajstić information content (AvgIpc) is 3.01. The summed E-state index contributed by atoms with van der Waals surface area (Å²) in [7, 11) is 0. The lowest BCUT2D eigenvalue weighted by atomic mass is 9.84. The molecule has 1 aromatic heterocycles. The Labute approximate surface area is 168 Å². The van der Waals surface area contributed by atoms with Crippen molar-refractivity contribution in [2.45, 2.75) is 71.3 Å². The van der Waals surface area contributed by atoms with Gasteiger partial charge < -0.3 is 14.4 Å². The van der Waals surface area contributed by atoms with Gasteiger partial charge in [0.05, 0.1) is 0 Å². The molecule has 3 aliphatic rings. The third-order valence-corrected chi connectivity index (χ3v) is 7.21. The molecule has 3 fully saturated rings. The van der Waals surface area contributed by atoms with E-state index in [9.17, 15) is 9.59 Å². The van der Waals surface area contributed by atoms with Crippen LogP contribution >= 0.6 is 0 Å². The van der Waals surface area contributed by atoms with E-state index in [1.165, 1.54) is 30.8 Å².